The first-order chi connectivity index (χ1) is 6.88. The number of hydrogen-bond acceptors (Lipinski definition) is 2. The molecule has 1 aliphatic heterocycles. The van der Waals surface area contributed by atoms with Gasteiger partial charge in [0.15, 0.2) is 0 Å². The maximum absolute atomic E-state index is 8.97. The van der Waals surface area contributed by atoms with Crippen LogP contribution in [0.3, 0.4) is 0 Å². The van der Waals surface area contributed by atoms with Gasteiger partial charge in [-0.25, -0.2) is 0 Å². The smallest absolute Gasteiger partial charge is 0.0558 e. The van der Waals surface area contributed by atoms with Crippen molar-refractivity contribution in [2.24, 2.45) is 23.7 Å². The highest BCUT2D eigenvalue weighted by molar-refractivity contribution is 4.98. The number of hydrogen-bond donors (Lipinski definition) is 1. The minimum absolute atomic E-state index is 0.342. The monoisotopic (exact) mass is 195 g/mol. The summed E-state index contributed by atoms with van der Waals surface area (Å²) in [5, 5.41) is 8.97. The molecule has 14 heavy (non-hydrogen) atoms. The van der Waals surface area contributed by atoms with E-state index in [-0.39, 0.29) is 0 Å². The van der Waals surface area contributed by atoms with Crippen molar-refractivity contribution < 1.29 is 5.11 Å². The van der Waals surface area contributed by atoms with Crippen molar-refractivity contribution in [2.45, 2.75) is 25.7 Å². The predicted molar refractivity (Wildman–Crippen MR) is 56.0 cm³/mol. The quantitative estimate of drug-likeness (QED) is 0.719. The Balaban J connectivity index is 1.71. The van der Waals surface area contributed by atoms with Gasteiger partial charge in [0, 0.05) is 19.6 Å². The van der Waals surface area contributed by atoms with Crippen LogP contribution in [-0.4, -0.2) is 36.2 Å². The average Bonchev–Trinajstić information content (AvgIpc) is 2.65. The molecule has 2 atom stereocenters. The average molecular weight is 195 g/mol. The number of aliphatic hydroxyl groups excluding tert-OH is 1. The Kier molecular flexibility index (Phi) is 2.29. The third kappa shape index (κ3) is 1.31. The summed E-state index contributed by atoms with van der Waals surface area (Å²) in [4.78, 5) is 2.49. The Bertz CT molecular complexity index is 190. The number of fused-ring (bicyclic) bond motifs is 2. The molecule has 2 heteroatoms. The lowest BCUT2D eigenvalue weighted by Gasteiger charge is -2.45. The van der Waals surface area contributed by atoms with E-state index in [0.29, 0.717) is 6.61 Å². The van der Waals surface area contributed by atoms with Crippen molar-refractivity contribution in [3.8, 4) is 0 Å². The van der Waals surface area contributed by atoms with Crippen molar-refractivity contribution in [1.29, 1.82) is 0 Å². The Morgan fingerprint density at radius 1 is 0.929 bits per heavy atom. The molecular formula is C12H21NO. The molecule has 4 fully saturated rings. The van der Waals surface area contributed by atoms with Gasteiger partial charge in [-0.2, -0.15) is 0 Å². The highest BCUT2D eigenvalue weighted by atomic mass is 16.3. The van der Waals surface area contributed by atoms with Gasteiger partial charge in [-0.05, 0) is 49.4 Å². The highest BCUT2D eigenvalue weighted by Gasteiger charge is 2.47. The third-order valence-electron chi connectivity index (χ3n) is 4.93. The molecule has 0 aromatic carbocycles. The number of likely N-dealkylation sites (tertiary alicyclic amines) is 1. The van der Waals surface area contributed by atoms with Crippen molar-refractivity contribution in [3.05, 3.63) is 0 Å². The van der Waals surface area contributed by atoms with Crippen LogP contribution in [0.1, 0.15) is 25.7 Å². The van der Waals surface area contributed by atoms with Crippen molar-refractivity contribution in [1.82, 2.24) is 4.90 Å². The topological polar surface area (TPSA) is 23.5 Å². The molecule has 1 N–H and O–H groups in total. The minimum atomic E-state index is 0.342. The maximum Gasteiger partial charge on any atom is 0.0558 e. The minimum Gasteiger partial charge on any atom is -0.395 e. The fourth-order valence-corrected chi connectivity index (χ4v) is 4.26. The number of nitrogens with zero attached hydrogens (tertiary/aromatic N) is 1. The molecule has 0 amide bonds. The molecule has 2 nitrogen and oxygen atoms in total. The van der Waals surface area contributed by atoms with Gasteiger partial charge in [0.05, 0.1) is 6.61 Å². The van der Waals surface area contributed by atoms with Gasteiger partial charge in [-0.15, -0.1) is 0 Å². The van der Waals surface area contributed by atoms with Gasteiger partial charge >= 0.3 is 0 Å². The van der Waals surface area contributed by atoms with Gasteiger partial charge in [0.1, 0.15) is 0 Å². The summed E-state index contributed by atoms with van der Waals surface area (Å²) in [5.41, 5.74) is 0. The van der Waals surface area contributed by atoms with Crippen LogP contribution in [0.2, 0.25) is 0 Å². The van der Waals surface area contributed by atoms with Crippen LogP contribution in [-0.2, 0) is 0 Å². The van der Waals surface area contributed by atoms with E-state index in [4.69, 9.17) is 5.11 Å². The summed E-state index contributed by atoms with van der Waals surface area (Å²) in [7, 11) is 0. The van der Waals surface area contributed by atoms with Crippen molar-refractivity contribution in [3.63, 3.8) is 0 Å². The second-order valence-corrected chi connectivity index (χ2v) is 5.49. The molecule has 3 saturated carbocycles. The molecule has 0 radical (unpaired) electrons. The second kappa shape index (κ2) is 3.49. The van der Waals surface area contributed by atoms with E-state index < -0.39 is 0 Å². The van der Waals surface area contributed by atoms with Crippen LogP contribution in [0.25, 0.3) is 0 Å². The van der Waals surface area contributed by atoms with Crippen LogP contribution in [0.4, 0.5) is 0 Å². The van der Waals surface area contributed by atoms with E-state index in [1.807, 2.05) is 0 Å². The standard InChI is InChI=1S/C12H21NO/c14-6-5-13-7-11-9-1-2-10(4-3-9)12(11)8-13/h9-12,14H,1-8H2/t9?,10?,11-,12+. The molecule has 2 bridgehead atoms. The lowest BCUT2D eigenvalue weighted by molar-refractivity contribution is 0.0577. The molecule has 0 aromatic heterocycles. The maximum atomic E-state index is 8.97. The molecule has 0 aromatic rings. The molecule has 0 spiro atoms. The van der Waals surface area contributed by atoms with Crippen molar-refractivity contribution >= 4 is 0 Å². The number of β-amino-alcohol motifs (C(OH)–C–C–N with tert-alkyl or cyclic N) is 1. The zero-order valence-corrected chi connectivity index (χ0v) is 8.86. The summed E-state index contributed by atoms with van der Waals surface area (Å²) in [5.74, 6) is 4.06. The normalized spacial score (nSPS) is 46.9. The van der Waals surface area contributed by atoms with E-state index in [1.54, 1.807) is 0 Å². The molecule has 1 saturated heterocycles. The van der Waals surface area contributed by atoms with Crippen LogP contribution >= 0.6 is 0 Å². The van der Waals surface area contributed by atoms with Gasteiger partial charge in [-0.3, -0.25) is 0 Å². The fourth-order valence-electron chi connectivity index (χ4n) is 4.26. The summed E-state index contributed by atoms with van der Waals surface area (Å²) >= 11 is 0. The van der Waals surface area contributed by atoms with Crippen LogP contribution < -0.4 is 0 Å². The van der Waals surface area contributed by atoms with Crippen molar-refractivity contribution in [2.75, 3.05) is 26.2 Å². The van der Waals surface area contributed by atoms with E-state index in [0.717, 1.165) is 30.2 Å². The Labute approximate surface area is 86.3 Å². The predicted octanol–water partition coefficient (Wildman–Crippen LogP) is 1.35. The molecule has 1 heterocycles. The van der Waals surface area contributed by atoms with E-state index in [2.05, 4.69) is 4.90 Å². The van der Waals surface area contributed by atoms with E-state index in [1.165, 1.54) is 38.8 Å². The molecule has 3 aliphatic carbocycles. The summed E-state index contributed by atoms with van der Waals surface area (Å²) in [6.07, 6.45) is 6.00. The highest BCUT2D eigenvalue weighted by Crippen LogP contribution is 2.51. The molecular weight excluding hydrogens is 174 g/mol. The Morgan fingerprint density at radius 2 is 1.43 bits per heavy atom. The first kappa shape index (κ1) is 9.17. The first-order valence-electron chi connectivity index (χ1n) is 6.21. The molecule has 80 valence electrons. The fraction of sp³-hybridized carbons (Fsp3) is 1.00. The SMILES string of the molecule is OCCN1C[C@@H]2C3CCC(CC3)[C@@H]2C1. The van der Waals surface area contributed by atoms with E-state index >= 15 is 0 Å². The Hall–Kier alpha value is -0.0800. The second-order valence-electron chi connectivity index (χ2n) is 5.49. The van der Waals surface area contributed by atoms with Crippen LogP contribution in [0, 0.1) is 23.7 Å². The zero-order valence-electron chi connectivity index (χ0n) is 8.86. The van der Waals surface area contributed by atoms with Gasteiger partial charge < -0.3 is 10.0 Å². The third-order valence-corrected chi connectivity index (χ3v) is 4.93. The van der Waals surface area contributed by atoms with Gasteiger partial charge in [-0.1, -0.05) is 0 Å². The molecule has 0 unspecified atom stereocenters. The van der Waals surface area contributed by atoms with Gasteiger partial charge in [0.2, 0.25) is 0 Å². The lowest BCUT2D eigenvalue weighted by atomic mass is 9.60. The molecule has 4 rings (SSSR count). The largest absolute Gasteiger partial charge is 0.395 e. The lowest BCUT2D eigenvalue weighted by Crippen LogP contribution is -2.38. The first-order valence-corrected chi connectivity index (χ1v) is 6.21. The number of rotatable bonds is 2. The van der Waals surface area contributed by atoms with Crippen LogP contribution in [0.15, 0.2) is 0 Å². The number of aliphatic hydroxyl groups is 1. The van der Waals surface area contributed by atoms with E-state index in [9.17, 15) is 0 Å². The summed E-state index contributed by atoms with van der Waals surface area (Å²) in [6.45, 7) is 3.82. The van der Waals surface area contributed by atoms with Gasteiger partial charge in [0.25, 0.3) is 0 Å². The zero-order chi connectivity index (χ0) is 9.54. The Morgan fingerprint density at radius 3 is 1.86 bits per heavy atom. The summed E-state index contributed by atoms with van der Waals surface area (Å²) in [6, 6.07) is 0. The molecule has 4 aliphatic rings. The van der Waals surface area contributed by atoms with Crippen LogP contribution in [0.5, 0.6) is 0 Å². The summed E-state index contributed by atoms with van der Waals surface area (Å²) < 4.78 is 0.